The van der Waals surface area contributed by atoms with E-state index in [1.165, 1.54) is 13.1 Å². The van der Waals surface area contributed by atoms with E-state index in [1.54, 1.807) is 13.0 Å². The standard InChI is InChI=1S/C8H7N2O2.Na/c1-5-3-7(11)10(2)8(12)6(5)4-9;/h3H,1-2H3;/q-1;+1. The number of rotatable bonds is 0. The molecule has 0 unspecified atom stereocenters. The average molecular weight is 186 g/mol. The van der Waals surface area contributed by atoms with Crippen LogP contribution < -0.4 is 40.7 Å². The molecule has 4 nitrogen and oxygen atoms in total. The zero-order valence-electron chi connectivity index (χ0n) is 7.79. The van der Waals surface area contributed by atoms with Gasteiger partial charge in [0.25, 0.3) is 0 Å². The molecule has 0 aliphatic heterocycles. The van der Waals surface area contributed by atoms with Crippen LogP contribution in [0.1, 0.15) is 11.1 Å². The van der Waals surface area contributed by atoms with Gasteiger partial charge in [-0.2, -0.15) is 5.56 Å². The van der Waals surface area contributed by atoms with Gasteiger partial charge in [-0.05, 0) is 5.56 Å². The van der Waals surface area contributed by atoms with Crippen LogP contribution in [0.3, 0.4) is 0 Å². The van der Waals surface area contributed by atoms with Gasteiger partial charge in [-0.3, -0.25) is 9.59 Å². The van der Waals surface area contributed by atoms with Crippen LogP contribution in [0.2, 0.25) is 0 Å². The van der Waals surface area contributed by atoms with Crippen LogP contribution in [0, 0.1) is 18.3 Å². The minimum Gasteiger partial charge on any atom is -0.308 e. The van der Waals surface area contributed by atoms with Crippen LogP contribution in [-0.2, 0) is 7.05 Å². The number of hydrogen-bond donors (Lipinski definition) is 0. The van der Waals surface area contributed by atoms with E-state index in [-0.39, 0.29) is 40.7 Å². The van der Waals surface area contributed by atoms with E-state index < -0.39 is 5.56 Å². The fourth-order valence-corrected chi connectivity index (χ4v) is 0.927. The van der Waals surface area contributed by atoms with Crippen molar-refractivity contribution < 1.29 is 29.6 Å². The third kappa shape index (κ3) is 2.13. The van der Waals surface area contributed by atoms with Gasteiger partial charge in [-0.25, -0.2) is 5.26 Å². The Hall–Kier alpha value is -0.760. The Balaban J connectivity index is 0.00000144. The number of nitriles is 1. The third-order valence-electron chi connectivity index (χ3n) is 1.70. The first-order valence-corrected chi connectivity index (χ1v) is 3.35. The minimum absolute atomic E-state index is 0. The van der Waals surface area contributed by atoms with Crippen molar-refractivity contribution in [1.82, 2.24) is 4.57 Å². The number of pyridine rings is 1. The van der Waals surface area contributed by atoms with Gasteiger partial charge in [0.1, 0.15) is 0 Å². The van der Waals surface area contributed by atoms with Gasteiger partial charge >= 0.3 is 29.6 Å². The summed E-state index contributed by atoms with van der Waals surface area (Å²) in [5, 5.41) is 8.55. The Morgan fingerprint density at radius 1 is 1.46 bits per heavy atom. The Morgan fingerprint density at radius 2 is 2.00 bits per heavy atom. The van der Waals surface area contributed by atoms with Gasteiger partial charge in [0, 0.05) is 13.1 Å². The quantitative estimate of drug-likeness (QED) is 0.314. The second-order valence-electron chi connectivity index (χ2n) is 2.52. The van der Waals surface area contributed by atoms with E-state index in [4.69, 9.17) is 5.26 Å². The zero-order chi connectivity index (χ0) is 9.30. The van der Waals surface area contributed by atoms with E-state index in [9.17, 15) is 9.59 Å². The number of aromatic nitrogens is 1. The summed E-state index contributed by atoms with van der Waals surface area (Å²) < 4.78 is 0.922. The van der Waals surface area contributed by atoms with Crippen LogP contribution >= 0.6 is 0 Å². The monoisotopic (exact) mass is 186 g/mol. The van der Waals surface area contributed by atoms with Crippen molar-refractivity contribution in [2.24, 2.45) is 7.05 Å². The summed E-state index contributed by atoms with van der Waals surface area (Å²) in [5.74, 6) is 0. The van der Waals surface area contributed by atoms with Crippen molar-refractivity contribution in [3.63, 3.8) is 0 Å². The van der Waals surface area contributed by atoms with Gasteiger partial charge in [0.2, 0.25) is 0 Å². The van der Waals surface area contributed by atoms with E-state index in [2.05, 4.69) is 0 Å². The fraction of sp³-hybridized carbons (Fsp3) is 0.250. The molecule has 0 spiro atoms. The molecule has 0 amide bonds. The first-order chi connectivity index (χ1) is 5.57. The molecule has 0 fully saturated rings. The molecular weight excluding hydrogens is 179 g/mol. The summed E-state index contributed by atoms with van der Waals surface area (Å²) in [6, 6.07) is 3.04. The molecule has 1 heterocycles. The van der Waals surface area contributed by atoms with E-state index in [0.717, 1.165) is 4.57 Å². The Bertz CT molecular complexity index is 465. The van der Waals surface area contributed by atoms with E-state index in [0.29, 0.717) is 5.56 Å². The Kier molecular flexibility index (Phi) is 4.21. The van der Waals surface area contributed by atoms with Crippen molar-refractivity contribution >= 4 is 0 Å². The molecule has 0 atom stereocenters. The molecule has 0 saturated heterocycles. The Labute approximate surface area is 97.1 Å². The van der Waals surface area contributed by atoms with Crippen LogP contribution in [0.25, 0.3) is 0 Å². The topological polar surface area (TPSA) is 62.9 Å². The average Bonchev–Trinajstić information content (AvgIpc) is 2.01. The summed E-state index contributed by atoms with van der Waals surface area (Å²) in [6.45, 7) is 1.57. The molecule has 0 saturated carbocycles. The molecule has 0 bridgehead atoms. The number of hydrogen-bond acceptors (Lipinski definition) is 3. The van der Waals surface area contributed by atoms with Crippen LogP contribution in [0.4, 0.5) is 0 Å². The molecule has 5 heteroatoms. The predicted molar refractivity (Wildman–Crippen MR) is 43.0 cm³/mol. The normalized spacial score (nSPS) is 8.69. The fourth-order valence-electron chi connectivity index (χ4n) is 0.927. The summed E-state index contributed by atoms with van der Waals surface area (Å²) >= 11 is 0. The molecule has 0 aromatic carbocycles. The maximum absolute atomic E-state index is 11.2. The minimum atomic E-state index is -0.525. The van der Waals surface area contributed by atoms with Gasteiger partial charge in [0.15, 0.2) is 11.1 Å². The number of aryl methyl sites for hydroxylation is 1. The molecule has 62 valence electrons. The summed E-state index contributed by atoms with van der Waals surface area (Å²) in [5.41, 5.74) is -0.429. The van der Waals surface area contributed by atoms with Crippen molar-refractivity contribution in [1.29, 1.82) is 5.26 Å². The molecule has 1 rings (SSSR count). The number of nitrogens with zero attached hydrogens (tertiary/aromatic N) is 2. The summed E-state index contributed by atoms with van der Waals surface area (Å²) in [6.07, 6.45) is 0. The summed E-state index contributed by atoms with van der Waals surface area (Å²) in [4.78, 5) is 22.2. The molecule has 1 aromatic rings. The van der Waals surface area contributed by atoms with E-state index in [1.807, 2.05) is 0 Å². The largest absolute Gasteiger partial charge is 1.00 e. The van der Waals surface area contributed by atoms with Crippen LogP contribution in [0.15, 0.2) is 15.7 Å². The first kappa shape index (κ1) is 12.2. The van der Waals surface area contributed by atoms with Gasteiger partial charge in [-0.1, -0.05) is 6.92 Å². The maximum Gasteiger partial charge on any atom is 1.00 e. The smallest absolute Gasteiger partial charge is 0.308 e. The third-order valence-corrected chi connectivity index (χ3v) is 1.70. The van der Waals surface area contributed by atoms with Crippen molar-refractivity contribution in [3.05, 3.63) is 37.9 Å². The van der Waals surface area contributed by atoms with Gasteiger partial charge < -0.3 is 4.57 Å². The second-order valence-corrected chi connectivity index (χ2v) is 2.52. The maximum atomic E-state index is 11.2. The molecular formula is C8H7N2NaO2. The first-order valence-electron chi connectivity index (χ1n) is 3.35. The zero-order valence-corrected chi connectivity index (χ0v) is 9.79. The van der Waals surface area contributed by atoms with Gasteiger partial charge in [-0.15, -0.1) is 6.07 Å². The molecule has 0 radical (unpaired) electrons. The molecule has 0 aliphatic carbocycles. The predicted octanol–water partition coefficient (Wildman–Crippen LogP) is -3.35. The second kappa shape index (κ2) is 4.47. The van der Waals surface area contributed by atoms with Crippen LogP contribution in [0.5, 0.6) is 0 Å². The Morgan fingerprint density at radius 3 is 2.46 bits per heavy atom. The SMILES string of the molecule is Cc1[cH-]c(=O)n(C)c(=O)c1C#N.[Na+]. The summed E-state index contributed by atoms with van der Waals surface area (Å²) in [7, 11) is 1.35. The molecule has 1 aromatic heterocycles. The van der Waals surface area contributed by atoms with Crippen LogP contribution in [-0.4, -0.2) is 4.57 Å². The van der Waals surface area contributed by atoms with E-state index >= 15 is 0 Å². The molecule has 0 aliphatic rings. The van der Waals surface area contributed by atoms with Crippen molar-refractivity contribution in [2.75, 3.05) is 0 Å². The van der Waals surface area contributed by atoms with Gasteiger partial charge in [0.05, 0.1) is 0 Å². The molecule has 0 N–H and O–H groups in total. The molecule has 13 heavy (non-hydrogen) atoms. The van der Waals surface area contributed by atoms with Crippen molar-refractivity contribution in [2.45, 2.75) is 6.92 Å². The van der Waals surface area contributed by atoms with Crippen molar-refractivity contribution in [3.8, 4) is 6.07 Å².